The molecule has 0 spiro atoms. The Kier molecular flexibility index (Phi) is 5.34. The van der Waals surface area contributed by atoms with Gasteiger partial charge < -0.3 is 10.4 Å². The lowest BCUT2D eigenvalue weighted by Crippen LogP contribution is -2.46. The summed E-state index contributed by atoms with van der Waals surface area (Å²) in [5, 5.41) is 13.6. The molecule has 4 heteroatoms. The fourth-order valence-electron chi connectivity index (χ4n) is 3.91. The maximum Gasteiger partial charge on any atom is 0.223 e. The molecule has 2 atom stereocenters. The lowest BCUT2D eigenvalue weighted by molar-refractivity contribution is -0.126. The van der Waals surface area contributed by atoms with E-state index in [0.29, 0.717) is 0 Å². The molecule has 4 nitrogen and oxygen atoms in total. The third-order valence-electron chi connectivity index (χ3n) is 5.37. The van der Waals surface area contributed by atoms with Gasteiger partial charge in [0, 0.05) is 18.5 Å². The van der Waals surface area contributed by atoms with E-state index in [1.165, 1.54) is 5.56 Å². The van der Waals surface area contributed by atoms with E-state index in [0.717, 1.165) is 57.3 Å². The zero-order valence-corrected chi connectivity index (χ0v) is 14.0. The molecule has 2 aliphatic rings. The average Bonchev–Trinajstić information content (AvgIpc) is 2.92. The quantitative estimate of drug-likeness (QED) is 0.820. The number of likely N-dealkylation sites (tertiary alicyclic amines) is 1. The van der Waals surface area contributed by atoms with E-state index in [4.69, 9.17) is 0 Å². The Labute approximate surface area is 138 Å². The third kappa shape index (κ3) is 3.59. The normalized spacial score (nSPS) is 25.3. The number of aliphatic hydroxyl groups is 1. The van der Waals surface area contributed by atoms with Crippen molar-refractivity contribution in [3.8, 4) is 0 Å². The topological polar surface area (TPSA) is 52.6 Å². The summed E-state index contributed by atoms with van der Waals surface area (Å²) in [7, 11) is 0. The molecule has 3 rings (SSSR count). The van der Waals surface area contributed by atoms with E-state index < -0.39 is 0 Å². The van der Waals surface area contributed by atoms with Crippen molar-refractivity contribution >= 4 is 5.91 Å². The molecule has 0 saturated carbocycles. The second-order valence-corrected chi connectivity index (χ2v) is 6.87. The van der Waals surface area contributed by atoms with Crippen LogP contribution in [0.3, 0.4) is 0 Å². The van der Waals surface area contributed by atoms with Crippen LogP contribution in [0.1, 0.15) is 49.8 Å². The summed E-state index contributed by atoms with van der Waals surface area (Å²) in [4.78, 5) is 14.5. The first-order chi connectivity index (χ1) is 11.2. The van der Waals surface area contributed by atoms with E-state index >= 15 is 0 Å². The Bertz CT molecular complexity index is 538. The fourth-order valence-corrected chi connectivity index (χ4v) is 3.91. The minimum absolute atomic E-state index is 0.143. The van der Waals surface area contributed by atoms with Crippen LogP contribution in [0.15, 0.2) is 24.3 Å². The van der Waals surface area contributed by atoms with Crippen LogP contribution < -0.4 is 5.32 Å². The highest BCUT2D eigenvalue weighted by Crippen LogP contribution is 2.35. The summed E-state index contributed by atoms with van der Waals surface area (Å²) in [5.74, 6) is 0.359. The van der Waals surface area contributed by atoms with Crippen molar-refractivity contribution in [3.63, 3.8) is 0 Å². The Morgan fingerprint density at radius 1 is 1.30 bits per heavy atom. The van der Waals surface area contributed by atoms with Crippen molar-refractivity contribution in [2.45, 2.75) is 51.2 Å². The highest BCUT2D eigenvalue weighted by Gasteiger charge is 2.37. The average molecular weight is 316 g/mol. The molecule has 0 radical (unpaired) electrons. The molecule has 1 fully saturated rings. The van der Waals surface area contributed by atoms with Gasteiger partial charge >= 0.3 is 0 Å². The predicted octanol–water partition coefficient (Wildman–Crippen LogP) is 2.27. The number of fused-ring (bicyclic) bond motifs is 1. The number of amides is 1. The molecule has 126 valence electrons. The number of hydrogen-bond acceptors (Lipinski definition) is 3. The molecule has 0 bridgehead atoms. The summed E-state index contributed by atoms with van der Waals surface area (Å²) in [5.41, 5.74) is 2.35. The van der Waals surface area contributed by atoms with Crippen molar-refractivity contribution in [2.24, 2.45) is 5.92 Å². The van der Waals surface area contributed by atoms with Gasteiger partial charge in [-0.2, -0.15) is 0 Å². The van der Waals surface area contributed by atoms with Gasteiger partial charge in [-0.15, -0.1) is 0 Å². The first kappa shape index (κ1) is 16.5. The highest BCUT2D eigenvalue weighted by molar-refractivity contribution is 5.78. The number of benzene rings is 1. The lowest BCUT2D eigenvalue weighted by Gasteiger charge is -2.36. The van der Waals surface area contributed by atoms with Crippen molar-refractivity contribution in [3.05, 3.63) is 35.4 Å². The van der Waals surface area contributed by atoms with Crippen molar-refractivity contribution in [2.75, 3.05) is 19.6 Å². The van der Waals surface area contributed by atoms with Crippen LogP contribution in [0.4, 0.5) is 0 Å². The Balaban J connectivity index is 1.51. The van der Waals surface area contributed by atoms with Gasteiger partial charge in [0.1, 0.15) is 0 Å². The minimum atomic E-state index is -0.388. The number of rotatable bonds is 5. The highest BCUT2D eigenvalue weighted by atomic mass is 16.3. The monoisotopic (exact) mass is 316 g/mol. The van der Waals surface area contributed by atoms with Gasteiger partial charge in [0.2, 0.25) is 5.91 Å². The summed E-state index contributed by atoms with van der Waals surface area (Å²) in [6, 6.07) is 8.37. The van der Waals surface area contributed by atoms with Gasteiger partial charge in [-0.1, -0.05) is 37.6 Å². The lowest BCUT2D eigenvalue weighted by atomic mass is 9.94. The van der Waals surface area contributed by atoms with Crippen LogP contribution in [-0.4, -0.2) is 41.6 Å². The van der Waals surface area contributed by atoms with Gasteiger partial charge in [0.25, 0.3) is 0 Å². The van der Waals surface area contributed by atoms with Crippen LogP contribution in [0.25, 0.3) is 0 Å². The fraction of sp³-hybridized carbons (Fsp3) is 0.632. The van der Waals surface area contributed by atoms with Gasteiger partial charge in [0.05, 0.1) is 6.10 Å². The van der Waals surface area contributed by atoms with Crippen LogP contribution in [-0.2, 0) is 11.2 Å². The van der Waals surface area contributed by atoms with Crippen molar-refractivity contribution in [1.82, 2.24) is 10.2 Å². The Morgan fingerprint density at radius 2 is 2.04 bits per heavy atom. The van der Waals surface area contributed by atoms with E-state index in [1.807, 2.05) is 18.2 Å². The Hall–Kier alpha value is -1.39. The molecule has 2 unspecified atom stereocenters. The summed E-state index contributed by atoms with van der Waals surface area (Å²) < 4.78 is 0. The van der Waals surface area contributed by atoms with E-state index in [-0.39, 0.29) is 24.0 Å². The van der Waals surface area contributed by atoms with Crippen LogP contribution in [0, 0.1) is 5.92 Å². The van der Waals surface area contributed by atoms with Crippen molar-refractivity contribution in [1.29, 1.82) is 0 Å². The number of unbranched alkanes of at least 4 members (excludes halogenated alkanes) is 1. The molecular weight excluding hydrogens is 288 g/mol. The number of piperidine rings is 1. The molecule has 1 aliphatic heterocycles. The van der Waals surface area contributed by atoms with Crippen LogP contribution in [0.2, 0.25) is 0 Å². The number of nitrogens with zero attached hydrogens (tertiary/aromatic N) is 1. The third-order valence-corrected chi connectivity index (χ3v) is 5.37. The summed E-state index contributed by atoms with van der Waals surface area (Å²) in [6.07, 6.45) is 4.50. The molecular formula is C19H28N2O2. The molecule has 23 heavy (non-hydrogen) atoms. The van der Waals surface area contributed by atoms with Gasteiger partial charge in [-0.05, 0) is 49.9 Å². The van der Waals surface area contributed by atoms with Crippen LogP contribution >= 0.6 is 0 Å². The van der Waals surface area contributed by atoms with E-state index in [1.54, 1.807) is 0 Å². The van der Waals surface area contributed by atoms with Gasteiger partial charge in [-0.25, -0.2) is 0 Å². The molecule has 1 aromatic carbocycles. The number of carbonyl (C=O) groups is 1. The largest absolute Gasteiger partial charge is 0.387 e. The number of carbonyl (C=O) groups excluding carboxylic acids is 1. The SMILES string of the molecule is CCCCNC(=O)C1CCN(C2Cc3ccccc3C2O)CC1. The smallest absolute Gasteiger partial charge is 0.223 e. The first-order valence-corrected chi connectivity index (χ1v) is 8.98. The molecule has 1 aromatic rings. The van der Waals surface area contributed by atoms with E-state index in [2.05, 4.69) is 23.2 Å². The molecule has 2 N–H and O–H groups in total. The van der Waals surface area contributed by atoms with Gasteiger partial charge in [-0.3, -0.25) is 9.69 Å². The standard InChI is InChI=1S/C19H28N2O2/c1-2-3-10-20-19(23)14-8-11-21(12-9-14)17-13-15-6-4-5-7-16(15)18(17)22/h4-7,14,17-18,22H,2-3,8-13H2,1H3,(H,20,23). The predicted molar refractivity (Wildman–Crippen MR) is 91.1 cm³/mol. The first-order valence-electron chi connectivity index (χ1n) is 8.98. The van der Waals surface area contributed by atoms with Crippen LogP contribution in [0.5, 0.6) is 0 Å². The maximum atomic E-state index is 12.2. The number of nitrogens with one attached hydrogen (secondary N) is 1. The zero-order chi connectivity index (χ0) is 16.2. The molecule has 1 aliphatic carbocycles. The second-order valence-electron chi connectivity index (χ2n) is 6.87. The zero-order valence-electron chi connectivity index (χ0n) is 14.0. The number of hydrogen-bond donors (Lipinski definition) is 2. The van der Waals surface area contributed by atoms with Crippen molar-refractivity contribution < 1.29 is 9.90 Å². The minimum Gasteiger partial charge on any atom is -0.387 e. The summed E-state index contributed by atoms with van der Waals surface area (Å²) >= 11 is 0. The molecule has 1 heterocycles. The molecule has 1 saturated heterocycles. The van der Waals surface area contributed by atoms with Gasteiger partial charge in [0.15, 0.2) is 0 Å². The maximum absolute atomic E-state index is 12.2. The summed E-state index contributed by atoms with van der Waals surface area (Å²) in [6.45, 7) is 4.74. The number of aliphatic hydroxyl groups excluding tert-OH is 1. The molecule has 0 aromatic heterocycles. The molecule has 1 amide bonds. The second kappa shape index (κ2) is 7.45. The van der Waals surface area contributed by atoms with E-state index in [9.17, 15) is 9.90 Å². The Morgan fingerprint density at radius 3 is 2.74 bits per heavy atom.